The van der Waals surface area contributed by atoms with E-state index in [-0.39, 0.29) is 11.8 Å². The van der Waals surface area contributed by atoms with Gasteiger partial charge in [-0.3, -0.25) is 9.59 Å². The molecular formula is C10H16O4. The lowest BCUT2D eigenvalue weighted by atomic mass is 9.74. The van der Waals surface area contributed by atoms with Gasteiger partial charge in [-0.1, -0.05) is 0 Å². The lowest BCUT2D eigenvalue weighted by Gasteiger charge is -2.32. The Morgan fingerprint density at radius 1 is 1.36 bits per heavy atom. The van der Waals surface area contributed by atoms with Crippen LogP contribution in [0.5, 0.6) is 0 Å². The first-order valence-electron chi connectivity index (χ1n) is 4.74. The monoisotopic (exact) mass is 200 g/mol. The van der Waals surface area contributed by atoms with E-state index >= 15 is 0 Å². The fourth-order valence-electron chi connectivity index (χ4n) is 1.91. The number of rotatable bonds is 3. The highest BCUT2D eigenvalue weighted by molar-refractivity contribution is 5.84. The van der Waals surface area contributed by atoms with Gasteiger partial charge < -0.3 is 9.47 Å². The van der Waals surface area contributed by atoms with Gasteiger partial charge in [0.15, 0.2) is 0 Å². The molecule has 4 nitrogen and oxygen atoms in total. The zero-order valence-corrected chi connectivity index (χ0v) is 8.67. The van der Waals surface area contributed by atoms with Crippen molar-refractivity contribution in [1.29, 1.82) is 0 Å². The minimum Gasteiger partial charge on any atom is -0.469 e. The maximum Gasteiger partial charge on any atom is 0.314 e. The first-order valence-corrected chi connectivity index (χ1v) is 4.74. The quantitative estimate of drug-likeness (QED) is 0.636. The Morgan fingerprint density at radius 3 is 2.36 bits per heavy atom. The number of carbonyl (C=O) groups is 2. The first-order chi connectivity index (χ1) is 6.64. The summed E-state index contributed by atoms with van der Waals surface area (Å²) >= 11 is 0. The van der Waals surface area contributed by atoms with E-state index in [0.29, 0.717) is 32.3 Å². The highest BCUT2D eigenvalue weighted by atomic mass is 16.5. The summed E-state index contributed by atoms with van der Waals surface area (Å²) in [5, 5.41) is 0. The Kier molecular flexibility index (Phi) is 3.63. The van der Waals surface area contributed by atoms with Gasteiger partial charge in [-0.05, 0) is 12.8 Å². The van der Waals surface area contributed by atoms with Crippen molar-refractivity contribution in [3.63, 3.8) is 0 Å². The third kappa shape index (κ3) is 2.12. The van der Waals surface area contributed by atoms with Gasteiger partial charge in [0, 0.05) is 20.0 Å². The minimum atomic E-state index is -0.586. The van der Waals surface area contributed by atoms with Crippen molar-refractivity contribution in [3.05, 3.63) is 0 Å². The molecule has 1 aliphatic carbocycles. The standard InChI is InChI=1S/C10H16O4/c1-13-7-10(9(12)14-2)5-3-8(11)4-6-10/h3-7H2,1-2H3. The Balaban J connectivity index is 2.72. The number of carbonyl (C=O) groups excluding carboxylic acids is 2. The van der Waals surface area contributed by atoms with Crippen LogP contribution in [0.15, 0.2) is 0 Å². The summed E-state index contributed by atoms with van der Waals surface area (Å²) in [6.07, 6.45) is 2.01. The molecule has 0 amide bonds. The third-order valence-electron chi connectivity index (χ3n) is 2.80. The van der Waals surface area contributed by atoms with Gasteiger partial charge in [0.2, 0.25) is 0 Å². The largest absolute Gasteiger partial charge is 0.469 e. The van der Waals surface area contributed by atoms with Crippen molar-refractivity contribution in [2.24, 2.45) is 5.41 Å². The van der Waals surface area contributed by atoms with Crippen LogP contribution in [-0.2, 0) is 19.1 Å². The number of esters is 1. The highest BCUT2D eigenvalue weighted by Crippen LogP contribution is 2.36. The van der Waals surface area contributed by atoms with Gasteiger partial charge in [0.25, 0.3) is 0 Å². The Labute approximate surface area is 83.6 Å². The molecule has 0 N–H and O–H groups in total. The summed E-state index contributed by atoms with van der Waals surface area (Å²) in [7, 11) is 2.93. The third-order valence-corrected chi connectivity index (χ3v) is 2.80. The van der Waals surface area contributed by atoms with Crippen molar-refractivity contribution in [3.8, 4) is 0 Å². The van der Waals surface area contributed by atoms with E-state index in [1.165, 1.54) is 7.11 Å². The number of ketones is 1. The number of hydrogen-bond donors (Lipinski definition) is 0. The molecule has 0 radical (unpaired) electrons. The van der Waals surface area contributed by atoms with E-state index in [4.69, 9.17) is 9.47 Å². The van der Waals surface area contributed by atoms with Gasteiger partial charge in [0.05, 0.1) is 19.1 Å². The normalized spacial score (nSPS) is 20.6. The highest BCUT2D eigenvalue weighted by Gasteiger charge is 2.42. The van der Waals surface area contributed by atoms with Gasteiger partial charge in [-0.15, -0.1) is 0 Å². The van der Waals surface area contributed by atoms with Crippen LogP contribution in [0.25, 0.3) is 0 Å². The average molecular weight is 200 g/mol. The molecule has 0 aromatic rings. The summed E-state index contributed by atoms with van der Waals surface area (Å²) in [6.45, 7) is 0.340. The van der Waals surface area contributed by atoms with E-state index in [0.717, 1.165) is 0 Å². The van der Waals surface area contributed by atoms with E-state index in [1.807, 2.05) is 0 Å². The smallest absolute Gasteiger partial charge is 0.314 e. The molecule has 1 fully saturated rings. The van der Waals surface area contributed by atoms with Crippen molar-refractivity contribution in [2.75, 3.05) is 20.8 Å². The van der Waals surface area contributed by atoms with Crippen LogP contribution in [0.2, 0.25) is 0 Å². The number of ether oxygens (including phenoxy) is 2. The van der Waals surface area contributed by atoms with Crippen LogP contribution in [0.3, 0.4) is 0 Å². The molecule has 1 aliphatic rings. The summed E-state index contributed by atoms with van der Waals surface area (Å²) in [5.41, 5.74) is -0.586. The number of Topliss-reactive ketones (excluding diaryl/α,β-unsaturated/α-hetero) is 1. The van der Waals surface area contributed by atoms with E-state index in [2.05, 4.69) is 0 Å². The molecule has 0 aromatic heterocycles. The van der Waals surface area contributed by atoms with Gasteiger partial charge in [-0.25, -0.2) is 0 Å². The lowest BCUT2D eigenvalue weighted by molar-refractivity contribution is -0.159. The molecule has 1 saturated carbocycles. The number of methoxy groups -OCH3 is 2. The van der Waals surface area contributed by atoms with Crippen LogP contribution in [-0.4, -0.2) is 32.6 Å². The average Bonchev–Trinajstić information content (AvgIpc) is 2.21. The van der Waals surface area contributed by atoms with Crippen molar-refractivity contribution in [2.45, 2.75) is 25.7 Å². The van der Waals surface area contributed by atoms with Crippen LogP contribution < -0.4 is 0 Å². The second kappa shape index (κ2) is 4.55. The molecule has 0 aromatic carbocycles. The van der Waals surface area contributed by atoms with Crippen LogP contribution in [0.1, 0.15) is 25.7 Å². The predicted molar refractivity (Wildman–Crippen MR) is 49.8 cm³/mol. The van der Waals surface area contributed by atoms with E-state index in [9.17, 15) is 9.59 Å². The molecule has 0 aliphatic heterocycles. The SMILES string of the molecule is COCC1(C(=O)OC)CCC(=O)CC1. The zero-order chi connectivity index (χ0) is 10.6. The summed E-state index contributed by atoms with van der Waals surface area (Å²) in [6, 6.07) is 0. The number of hydrogen-bond acceptors (Lipinski definition) is 4. The summed E-state index contributed by atoms with van der Waals surface area (Å²) in [5.74, 6) is -0.0347. The lowest BCUT2D eigenvalue weighted by Crippen LogP contribution is -2.40. The molecule has 0 spiro atoms. The van der Waals surface area contributed by atoms with Crippen LogP contribution in [0.4, 0.5) is 0 Å². The Hall–Kier alpha value is -0.900. The first kappa shape index (κ1) is 11.2. The molecule has 0 atom stereocenters. The van der Waals surface area contributed by atoms with Gasteiger partial charge in [0.1, 0.15) is 5.78 Å². The predicted octanol–water partition coefficient (Wildman–Crippen LogP) is 0.935. The molecular weight excluding hydrogens is 184 g/mol. The minimum absolute atomic E-state index is 0.223. The molecule has 0 unspecified atom stereocenters. The molecule has 4 heteroatoms. The molecule has 14 heavy (non-hydrogen) atoms. The van der Waals surface area contributed by atoms with E-state index in [1.54, 1.807) is 7.11 Å². The fraction of sp³-hybridized carbons (Fsp3) is 0.800. The summed E-state index contributed by atoms with van der Waals surface area (Å²) < 4.78 is 9.78. The Morgan fingerprint density at radius 2 is 1.93 bits per heavy atom. The molecule has 80 valence electrons. The van der Waals surface area contributed by atoms with Crippen molar-refractivity contribution in [1.82, 2.24) is 0 Å². The summed E-state index contributed by atoms with van der Waals surface area (Å²) in [4.78, 5) is 22.6. The molecule has 0 saturated heterocycles. The zero-order valence-electron chi connectivity index (χ0n) is 8.67. The van der Waals surface area contributed by atoms with Crippen LogP contribution in [0, 0.1) is 5.41 Å². The molecule has 1 rings (SSSR count). The van der Waals surface area contributed by atoms with Gasteiger partial charge >= 0.3 is 5.97 Å². The van der Waals surface area contributed by atoms with E-state index < -0.39 is 5.41 Å². The fourth-order valence-corrected chi connectivity index (χ4v) is 1.91. The van der Waals surface area contributed by atoms with Crippen LogP contribution >= 0.6 is 0 Å². The second-order valence-corrected chi connectivity index (χ2v) is 3.74. The van der Waals surface area contributed by atoms with Gasteiger partial charge in [-0.2, -0.15) is 0 Å². The maximum atomic E-state index is 11.6. The second-order valence-electron chi connectivity index (χ2n) is 3.74. The molecule has 0 bridgehead atoms. The maximum absolute atomic E-state index is 11.6. The Bertz CT molecular complexity index is 224. The molecule has 0 heterocycles. The van der Waals surface area contributed by atoms with Crippen molar-refractivity contribution < 1.29 is 19.1 Å². The van der Waals surface area contributed by atoms with Crippen molar-refractivity contribution >= 4 is 11.8 Å². The topological polar surface area (TPSA) is 52.6 Å².